The molecule has 1 aliphatic heterocycles. The number of carbonyl (C=O) groups excluding carboxylic acids is 2. The van der Waals surface area contributed by atoms with Crippen LogP contribution in [-0.2, 0) is 9.59 Å². The van der Waals surface area contributed by atoms with Gasteiger partial charge in [-0.2, -0.15) is 5.26 Å². The number of nitrogens with zero attached hydrogens (tertiary/aromatic N) is 2. The molecule has 1 aromatic carbocycles. The SMILES string of the molecule is COc1ccc(N2C[C@H](C(=O)NCC#N)CC2=O)c(OC)c1. The van der Waals surface area contributed by atoms with Crippen LogP contribution in [0, 0.1) is 17.2 Å². The molecule has 116 valence electrons. The number of benzene rings is 1. The lowest BCUT2D eigenvalue weighted by Gasteiger charge is -2.20. The highest BCUT2D eigenvalue weighted by atomic mass is 16.5. The highest BCUT2D eigenvalue weighted by Crippen LogP contribution is 2.35. The molecule has 0 radical (unpaired) electrons. The third kappa shape index (κ3) is 3.11. The number of anilines is 1. The summed E-state index contributed by atoms with van der Waals surface area (Å²) in [6.07, 6.45) is 0.118. The number of hydrogen-bond donors (Lipinski definition) is 1. The van der Waals surface area contributed by atoms with Crippen molar-refractivity contribution >= 4 is 17.5 Å². The molecule has 0 spiro atoms. The Labute approximate surface area is 128 Å². The van der Waals surface area contributed by atoms with E-state index in [0.717, 1.165) is 0 Å². The van der Waals surface area contributed by atoms with Gasteiger partial charge in [-0.25, -0.2) is 0 Å². The Hall–Kier alpha value is -2.75. The van der Waals surface area contributed by atoms with Gasteiger partial charge in [-0.05, 0) is 12.1 Å². The van der Waals surface area contributed by atoms with E-state index in [4.69, 9.17) is 14.7 Å². The largest absolute Gasteiger partial charge is 0.497 e. The minimum Gasteiger partial charge on any atom is -0.497 e. The molecule has 7 heteroatoms. The van der Waals surface area contributed by atoms with E-state index >= 15 is 0 Å². The molecule has 1 N–H and O–H groups in total. The van der Waals surface area contributed by atoms with Crippen LogP contribution in [0.4, 0.5) is 5.69 Å². The maximum atomic E-state index is 12.2. The second kappa shape index (κ2) is 6.80. The van der Waals surface area contributed by atoms with Gasteiger partial charge in [0.05, 0.1) is 31.9 Å². The van der Waals surface area contributed by atoms with Crippen molar-refractivity contribution in [2.24, 2.45) is 5.92 Å². The van der Waals surface area contributed by atoms with E-state index in [-0.39, 0.29) is 31.3 Å². The third-order valence-electron chi connectivity index (χ3n) is 3.52. The maximum absolute atomic E-state index is 12.2. The first kappa shape index (κ1) is 15.6. The van der Waals surface area contributed by atoms with E-state index < -0.39 is 5.92 Å². The van der Waals surface area contributed by atoms with Gasteiger partial charge in [0, 0.05) is 19.0 Å². The van der Waals surface area contributed by atoms with Crippen molar-refractivity contribution < 1.29 is 19.1 Å². The number of hydrogen-bond acceptors (Lipinski definition) is 5. The summed E-state index contributed by atoms with van der Waals surface area (Å²) >= 11 is 0. The predicted molar refractivity (Wildman–Crippen MR) is 78.6 cm³/mol. The molecule has 1 aromatic rings. The van der Waals surface area contributed by atoms with Gasteiger partial charge in [-0.15, -0.1) is 0 Å². The number of ether oxygens (including phenoxy) is 2. The lowest BCUT2D eigenvalue weighted by Crippen LogP contribution is -2.33. The Kier molecular flexibility index (Phi) is 4.84. The molecule has 1 atom stereocenters. The first-order chi connectivity index (χ1) is 10.6. The summed E-state index contributed by atoms with van der Waals surface area (Å²) in [6, 6.07) is 6.99. The maximum Gasteiger partial charge on any atom is 0.227 e. The van der Waals surface area contributed by atoms with Crippen LogP contribution in [0.1, 0.15) is 6.42 Å². The van der Waals surface area contributed by atoms with Gasteiger partial charge in [-0.3, -0.25) is 9.59 Å². The summed E-state index contributed by atoms with van der Waals surface area (Å²) in [6.45, 7) is 0.203. The average molecular weight is 303 g/mol. The average Bonchev–Trinajstić information content (AvgIpc) is 2.93. The molecule has 2 rings (SSSR count). The van der Waals surface area contributed by atoms with E-state index in [1.54, 1.807) is 25.3 Å². The number of nitriles is 1. The van der Waals surface area contributed by atoms with Crippen LogP contribution in [0.3, 0.4) is 0 Å². The quantitative estimate of drug-likeness (QED) is 0.808. The van der Waals surface area contributed by atoms with Gasteiger partial charge in [0.25, 0.3) is 0 Å². The molecule has 22 heavy (non-hydrogen) atoms. The molecule has 1 saturated heterocycles. The van der Waals surface area contributed by atoms with Crippen LogP contribution in [0.25, 0.3) is 0 Å². The first-order valence-corrected chi connectivity index (χ1v) is 6.77. The Balaban J connectivity index is 2.18. The monoisotopic (exact) mass is 303 g/mol. The van der Waals surface area contributed by atoms with E-state index in [1.807, 2.05) is 6.07 Å². The fourth-order valence-corrected chi connectivity index (χ4v) is 2.39. The molecule has 0 bridgehead atoms. The minimum absolute atomic E-state index is 0.0601. The van der Waals surface area contributed by atoms with Crippen molar-refractivity contribution in [1.29, 1.82) is 5.26 Å². The van der Waals surface area contributed by atoms with E-state index in [2.05, 4.69) is 5.32 Å². The van der Waals surface area contributed by atoms with Gasteiger partial charge >= 0.3 is 0 Å². The molecule has 0 aromatic heterocycles. The topological polar surface area (TPSA) is 91.7 Å². The predicted octanol–water partition coefficient (Wildman–Crippen LogP) is 0.696. The zero-order chi connectivity index (χ0) is 16.1. The number of nitrogens with one attached hydrogen (secondary N) is 1. The molecular formula is C15H17N3O4. The molecule has 1 fully saturated rings. The second-order valence-electron chi connectivity index (χ2n) is 4.82. The van der Waals surface area contributed by atoms with Crippen molar-refractivity contribution in [2.45, 2.75) is 6.42 Å². The Morgan fingerprint density at radius 2 is 2.23 bits per heavy atom. The number of amides is 2. The van der Waals surface area contributed by atoms with Crippen molar-refractivity contribution in [3.8, 4) is 17.6 Å². The lowest BCUT2D eigenvalue weighted by molar-refractivity contribution is -0.126. The van der Waals surface area contributed by atoms with E-state index in [0.29, 0.717) is 17.2 Å². The first-order valence-electron chi connectivity index (χ1n) is 6.77. The number of carbonyl (C=O) groups is 2. The Morgan fingerprint density at radius 1 is 1.45 bits per heavy atom. The Morgan fingerprint density at radius 3 is 2.86 bits per heavy atom. The Bertz CT molecular complexity index is 624. The zero-order valence-corrected chi connectivity index (χ0v) is 12.5. The van der Waals surface area contributed by atoms with Crippen molar-refractivity contribution in [2.75, 3.05) is 32.2 Å². The van der Waals surface area contributed by atoms with Gasteiger partial charge in [-0.1, -0.05) is 0 Å². The van der Waals surface area contributed by atoms with Gasteiger partial charge in [0.15, 0.2) is 0 Å². The van der Waals surface area contributed by atoms with Crippen molar-refractivity contribution in [3.63, 3.8) is 0 Å². The lowest BCUT2D eigenvalue weighted by atomic mass is 10.1. The fraction of sp³-hybridized carbons (Fsp3) is 0.400. The van der Waals surface area contributed by atoms with E-state index in [9.17, 15) is 9.59 Å². The van der Waals surface area contributed by atoms with Gasteiger partial charge < -0.3 is 19.7 Å². The standard InChI is InChI=1S/C15H17N3O4/c1-21-11-3-4-12(13(8-11)22-2)18-9-10(7-14(18)19)15(20)17-6-5-16/h3-4,8,10H,6-7,9H2,1-2H3,(H,17,20)/t10-/m1/s1. The number of methoxy groups -OCH3 is 2. The second-order valence-corrected chi connectivity index (χ2v) is 4.82. The molecule has 7 nitrogen and oxygen atoms in total. The highest BCUT2D eigenvalue weighted by Gasteiger charge is 2.36. The van der Waals surface area contributed by atoms with Crippen LogP contribution in [0.15, 0.2) is 18.2 Å². The molecule has 0 unspecified atom stereocenters. The smallest absolute Gasteiger partial charge is 0.227 e. The third-order valence-corrected chi connectivity index (χ3v) is 3.52. The van der Waals surface area contributed by atoms with Crippen LogP contribution in [0.2, 0.25) is 0 Å². The summed E-state index contributed by atoms with van der Waals surface area (Å²) in [4.78, 5) is 25.6. The van der Waals surface area contributed by atoms with Crippen LogP contribution < -0.4 is 19.7 Å². The zero-order valence-electron chi connectivity index (χ0n) is 12.5. The van der Waals surface area contributed by atoms with E-state index in [1.165, 1.54) is 12.0 Å². The van der Waals surface area contributed by atoms with Crippen molar-refractivity contribution in [1.82, 2.24) is 5.32 Å². The van der Waals surface area contributed by atoms with Crippen LogP contribution in [0.5, 0.6) is 11.5 Å². The molecule has 1 heterocycles. The molecule has 1 aliphatic rings. The molecule has 0 saturated carbocycles. The summed E-state index contributed by atoms with van der Waals surface area (Å²) in [5, 5.41) is 11.0. The summed E-state index contributed by atoms with van der Waals surface area (Å²) in [5.74, 6) is 0.222. The fourth-order valence-electron chi connectivity index (χ4n) is 2.39. The minimum atomic E-state index is -0.465. The summed E-state index contributed by atoms with van der Waals surface area (Å²) in [5.41, 5.74) is 0.601. The number of rotatable bonds is 5. The molecular weight excluding hydrogens is 286 g/mol. The van der Waals surface area contributed by atoms with Crippen LogP contribution in [-0.4, -0.2) is 39.1 Å². The molecule has 0 aliphatic carbocycles. The van der Waals surface area contributed by atoms with Crippen LogP contribution >= 0.6 is 0 Å². The highest BCUT2D eigenvalue weighted by molar-refractivity contribution is 6.01. The normalized spacial score (nSPS) is 17.0. The van der Waals surface area contributed by atoms with Crippen molar-refractivity contribution in [3.05, 3.63) is 18.2 Å². The summed E-state index contributed by atoms with van der Waals surface area (Å²) in [7, 11) is 3.06. The summed E-state index contributed by atoms with van der Waals surface area (Å²) < 4.78 is 10.4. The van der Waals surface area contributed by atoms with Gasteiger partial charge in [0.1, 0.15) is 18.0 Å². The van der Waals surface area contributed by atoms with Gasteiger partial charge in [0.2, 0.25) is 11.8 Å². The molecule has 2 amide bonds.